The molecular formula is C15H19ClN2O3. The second-order valence-electron chi connectivity index (χ2n) is 6.08. The number of piperidine rings is 1. The van der Waals surface area contributed by atoms with Crippen molar-refractivity contribution in [3.05, 3.63) is 22.8 Å². The highest BCUT2D eigenvalue weighted by atomic mass is 35.5. The fourth-order valence-electron chi connectivity index (χ4n) is 3.54. The number of pyridine rings is 1. The SMILES string of the molecule is O=C(O)c1cnc(N2CCC3(O)CCCCC3C2)c(Cl)c1. The van der Waals surface area contributed by atoms with Gasteiger partial charge in [-0.25, -0.2) is 9.78 Å². The summed E-state index contributed by atoms with van der Waals surface area (Å²) in [6.07, 6.45) is 6.21. The van der Waals surface area contributed by atoms with Crippen LogP contribution < -0.4 is 4.90 Å². The van der Waals surface area contributed by atoms with E-state index >= 15 is 0 Å². The third-order valence-corrected chi connectivity index (χ3v) is 5.07. The number of carboxylic acid groups (broad SMARTS) is 1. The van der Waals surface area contributed by atoms with Gasteiger partial charge in [0.1, 0.15) is 5.82 Å². The number of aliphatic hydroxyl groups is 1. The van der Waals surface area contributed by atoms with Gasteiger partial charge in [-0.15, -0.1) is 0 Å². The minimum Gasteiger partial charge on any atom is -0.478 e. The number of aromatic nitrogens is 1. The zero-order valence-corrected chi connectivity index (χ0v) is 12.5. The molecule has 2 N–H and O–H groups in total. The normalized spacial score (nSPS) is 29.0. The molecule has 2 heterocycles. The third kappa shape index (κ3) is 2.72. The van der Waals surface area contributed by atoms with Gasteiger partial charge in [0.05, 0.1) is 16.2 Å². The number of hydrogen-bond acceptors (Lipinski definition) is 4. The van der Waals surface area contributed by atoms with E-state index in [4.69, 9.17) is 16.7 Å². The predicted octanol–water partition coefficient (Wildman–Crippen LogP) is 2.56. The van der Waals surface area contributed by atoms with E-state index in [1.54, 1.807) is 0 Å². The van der Waals surface area contributed by atoms with Gasteiger partial charge < -0.3 is 15.1 Å². The van der Waals surface area contributed by atoms with E-state index < -0.39 is 11.6 Å². The van der Waals surface area contributed by atoms with Crippen molar-refractivity contribution >= 4 is 23.4 Å². The summed E-state index contributed by atoms with van der Waals surface area (Å²) in [5.41, 5.74) is -0.447. The number of carbonyl (C=O) groups is 1. The second kappa shape index (κ2) is 5.46. The maximum atomic E-state index is 10.9. The number of nitrogens with zero attached hydrogens (tertiary/aromatic N) is 2. The molecule has 1 aliphatic carbocycles. The molecule has 0 aromatic carbocycles. The Labute approximate surface area is 128 Å². The first-order valence-electron chi connectivity index (χ1n) is 7.36. The van der Waals surface area contributed by atoms with Crippen LogP contribution in [-0.4, -0.2) is 39.9 Å². The second-order valence-corrected chi connectivity index (χ2v) is 6.48. The molecule has 0 amide bonds. The lowest BCUT2D eigenvalue weighted by atomic mass is 9.71. The number of halogens is 1. The molecule has 21 heavy (non-hydrogen) atoms. The molecular weight excluding hydrogens is 292 g/mol. The molecule has 1 saturated carbocycles. The van der Waals surface area contributed by atoms with Crippen molar-refractivity contribution in [1.82, 2.24) is 4.98 Å². The van der Waals surface area contributed by atoms with Crippen molar-refractivity contribution in [3.8, 4) is 0 Å². The van der Waals surface area contributed by atoms with E-state index in [2.05, 4.69) is 9.88 Å². The van der Waals surface area contributed by atoms with E-state index in [-0.39, 0.29) is 11.5 Å². The summed E-state index contributed by atoms with van der Waals surface area (Å²) >= 11 is 6.19. The topological polar surface area (TPSA) is 73.7 Å². The molecule has 5 nitrogen and oxygen atoms in total. The summed E-state index contributed by atoms with van der Waals surface area (Å²) in [4.78, 5) is 17.2. The molecule has 0 radical (unpaired) electrons. The number of hydrogen-bond donors (Lipinski definition) is 2. The summed E-state index contributed by atoms with van der Waals surface area (Å²) < 4.78 is 0. The Morgan fingerprint density at radius 3 is 2.95 bits per heavy atom. The van der Waals surface area contributed by atoms with Crippen molar-refractivity contribution in [3.63, 3.8) is 0 Å². The average Bonchev–Trinajstić information content (AvgIpc) is 2.46. The van der Waals surface area contributed by atoms with Crippen LogP contribution in [0.1, 0.15) is 42.5 Å². The minimum absolute atomic E-state index is 0.0925. The monoisotopic (exact) mass is 310 g/mol. The van der Waals surface area contributed by atoms with Crippen LogP contribution in [0, 0.1) is 5.92 Å². The molecule has 2 fully saturated rings. The number of rotatable bonds is 2. The molecule has 2 unspecified atom stereocenters. The van der Waals surface area contributed by atoms with Crippen LogP contribution in [0.25, 0.3) is 0 Å². The summed E-state index contributed by atoms with van der Waals surface area (Å²) in [7, 11) is 0. The molecule has 2 atom stereocenters. The van der Waals surface area contributed by atoms with Crippen molar-refractivity contribution in [2.75, 3.05) is 18.0 Å². The maximum absolute atomic E-state index is 10.9. The standard InChI is InChI=1S/C15H19ClN2O3/c16-12-7-10(14(19)20)8-17-13(12)18-6-5-15(21)4-2-1-3-11(15)9-18/h7-8,11,21H,1-6,9H2,(H,19,20). The van der Waals surface area contributed by atoms with Crippen LogP contribution in [0.3, 0.4) is 0 Å². The van der Waals surface area contributed by atoms with Gasteiger partial charge in [0.15, 0.2) is 0 Å². The van der Waals surface area contributed by atoms with Gasteiger partial charge in [0.25, 0.3) is 0 Å². The minimum atomic E-state index is -1.03. The molecule has 1 aromatic heterocycles. The Hall–Kier alpha value is -1.33. The molecule has 0 bridgehead atoms. The quantitative estimate of drug-likeness (QED) is 0.878. The van der Waals surface area contributed by atoms with Crippen molar-refractivity contribution < 1.29 is 15.0 Å². The molecule has 1 saturated heterocycles. The number of fused-ring (bicyclic) bond motifs is 1. The van der Waals surface area contributed by atoms with Crippen LogP contribution in [-0.2, 0) is 0 Å². The molecule has 6 heteroatoms. The smallest absolute Gasteiger partial charge is 0.337 e. The summed E-state index contributed by atoms with van der Waals surface area (Å²) in [5, 5.41) is 20.0. The fourth-order valence-corrected chi connectivity index (χ4v) is 3.83. The van der Waals surface area contributed by atoms with Gasteiger partial charge in [-0.05, 0) is 25.3 Å². The van der Waals surface area contributed by atoms with Crippen LogP contribution in [0.2, 0.25) is 5.02 Å². The molecule has 0 spiro atoms. The Morgan fingerprint density at radius 1 is 1.43 bits per heavy atom. The Bertz CT molecular complexity index is 566. The molecule has 2 aliphatic rings. The van der Waals surface area contributed by atoms with Gasteiger partial charge in [-0.2, -0.15) is 0 Å². The Morgan fingerprint density at radius 2 is 2.24 bits per heavy atom. The summed E-state index contributed by atoms with van der Waals surface area (Å²) in [5.74, 6) is -0.164. The van der Waals surface area contributed by atoms with Crippen LogP contribution in [0.4, 0.5) is 5.82 Å². The summed E-state index contributed by atoms with van der Waals surface area (Å²) in [6.45, 7) is 1.43. The van der Waals surface area contributed by atoms with E-state index in [9.17, 15) is 9.90 Å². The highest BCUT2D eigenvalue weighted by molar-refractivity contribution is 6.33. The van der Waals surface area contributed by atoms with Crippen molar-refractivity contribution in [2.24, 2.45) is 5.92 Å². The lowest BCUT2D eigenvalue weighted by Gasteiger charge is -2.47. The fraction of sp³-hybridized carbons (Fsp3) is 0.600. The Kier molecular flexibility index (Phi) is 3.80. The first kappa shape index (κ1) is 14.6. The molecule has 114 valence electrons. The largest absolute Gasteiger partial charge is 0.478 e. The zero-order valence-electron chi connectivity index (χ0n) is 11.8. The van der Waals surface area contributed by atoms with Crippen LogP contribution >= 0.6 is 11.6 Å². The lowest BCUT2D eigenvalue weighted by Crippen LogP contribution is -2.53. The molecule has 1 aliphatic heterocycles. The van der Waals surface area contributed by atoms with E-state index in [1.807, 2.05) is 0 Å². The van der Waals surface area contributed by atoms with Crippen LogP contribution in [0.5, 0.6) is 0 Å². The van der Waals surface area contributed by atoms with Crippen molar-refractivity contribution in [2.45, 2.75) is 37.7 Å². The van der Waals surface area contributed by atoms with Gasteiger partial charge >= 0.3 is 5.97 Å². The lowest BCUT2D eigenvalue weighted by molar-refractivity contribution is -0.0613. The van der Waals surface area contributed by atoms with Gasteiger partial charge in [-0.3, -0.25) is 0 Å². The first-order chi connectivity index (χ1) is 9.99. The zero-order chi connectivity index (χ0) is 15.0. The van der Waals surface area contributed by atoms with Gasteiger partial charge in [0.2, 0.25) is 0 Å². The number of carboxylic acids is 1. The predicted molar refractivity (Wildman–Crippen MR) is 79.9 cm³/mol. The number of anilines is 1. The van der Waals surface area contributed by atoms with Gasteiger partial charge in [0, 0.05) is 25.2 Å². The maximum Gasteiger partial charge on any atom is 0.337 e. The van der Waals surface area contributed by atoms with E-state index in [0.29, 0.717) is 17.4 Å². The highest BCUT2D eigenvalue weighted by Crippen LogP contribution is 2.41. The third-order valence-electron chi connectivity index (χ3n) is 4.80. The number of aromatic carboxylic acids is 1. The van der Waals surface area contributed by atoms with Crippen molar-refractivity contribution in [1.29, 1.82) is 0 Å². The van der Waals surface area contributed by atoms with Gasteiger partial charge in [-0.1, -0.05) is 24.4 Å². The van der Waals surface area contributed by atoms with Crippen LogP contribution in [0.15, 0.2) is 12.3 Å². The molecule has 1 aromatic rings. The average molecular weight is 311 g/mol. The molecule has 3 rings (SSSR count). The Balaban J connectivity index is 1.81. The highest BCUT2D eigenvalue weighted by Gasteiger charge is 2.43. The van der Waals surface area contributed by atoms with E-state index in [1.165, 1.54) is 12.3 Å². The van der Waals surface area contributed by atoms with E-state index in [0.717, 1.165) is 38.6 Å². The first-order valence-corrected chi connectivity index (χ1v) is 7.73. The summed E-state index contributed by atoms with van der Waals surface area (Å²) in [6, 6.07) is 1.44.